The van der Waals surface area contributed by atoms with E-state index >= 15 is 0 Å². The van der Waals surface area contributed by atoms with E-state index < -0.39 is 0 Å². The molecule has 9 aliphatic rings. The van der Waals surface area contributed by atoms with Gasteiger partial charge in [-0.25, -0.2) is 0 Å². The molecule has 8 nitrogen and oxygen atoms in total. The molecule has 9 fully saturated rings. The molecule has 8 bridgehead atoms. The van der Waals surface area contributed by atoms with Crippen LogP contribution in [-0.4, -0.2) is 60.8 Å². The molecule has 4 aliphatic carbocycles. The Morgan fingerprint density at radius 3 is 0.594 bits per heavy atom. The molecule has 0 aromatic rings. The molecule has 8 N–H and O–H groups in total. The van der Waals surface area contributed by atoms with Crippen molar-refractivity contribution in [3.63, 3.8) is 0 Å². The maximum atomic E-state index is 4.26. The average molecular weight is 1050 g/mol. The quantitative estimate of drug-likeness (QED) is 0.0304. The molecular formula is C58H110CuN8S2. The fourth-order valence-electron chi connectivity index (χ4n) is 15.4. The van der Waals surface area contributed by atoms with Gasteiger partial charge in [0, 0.05) is 0 Å². The minimum atomic E-state index is 0. The van der Waals surface area contributed by atoms with Crippen LogP contribution in [0.5, 0.6) is 0 Å². The van der Waals surface area contributed by atoms with Crippen LogP contribution in [0.2, 0.25) is 0 Å². The van der Waals surface area contributed by atoms with Crippen LogP contribution in [0.25, 0.3) is 0 Å². The summed E-state index contributed by atoms with van der Waals surface area (Å²) in [6.07, 6.45) is 61.7. The first-order chi connectivity index (χ1) is 33.6. The molecule has 4 saturated carbocycles. The Balaban J connectivity index is 0.000000225. The standard InChI is InChI=1S/C32H56N8.2C13H27S.Cu/c1-2-10-18-17(9-1)25-33-26(18)38-28-21-13-5-6-14-22(21)30(35-28)40-32-24-16-8-7-15-23(24)31(36-32)39-29-20-12-4-3-11-19(20)27(34-29)37-25;2*1-3-4-5-6-7-8-9-10-11-12-13-14-2;/h17-40H,1-16H2;2*2-13H2,1H3;/q;2*-1;+2. The van der Waals surface area contributed by atoms with E-state index in [0.717, 1.165) is 47.3 Å². The van der Waals surface area contributed by atoms with Gasteiger partial charge >= 0.3 is 17.1 Å². The third-order valence-electron chi connectivity index (χ3n) is 19.1. The molecule has 0 aromatic heterocycles. The van der Waals surface area contributed by atoms with Crippen LogP contribution >= 0.6 is 23.5 Å². The third-order valence-corrected chi connectivity index (χ3v) is 20.2. The van der Waals surface area contributed by atoms with E-state index in [1.807, 2.05) is 0 Å². The van der Waals surface area contributed by atoms with Crippen LogP contribution in [0.1, 0.15) is 245 Å². The van der Waals surface area contributed by atoms with Crippen molar-refractivity contribution in [1.82, 2.24) is 42.5 Å². The maximum Gasteiger partial charge on any atom is 2.00 e. The van der Waals surface area contributed by atoms with E-state index in [-0.39, 0.29) is 17.1 Å². The monoisotopic (exact) mass is 1050 g/mol. The molecule has 5 heterocycles. The van der Waals surface area contributed by atoms with Gasteiger partial charge in [0.05, 0.1) is 49.3 Å². The average Bonchev–Trinajstić information content (AvgIpc) is 4.12. The molecule has 1 radical (unpaired) electrons. The zero-order chi connectivity index (χ0) is 47.2. The summed E-state index contributed by atoms with van der Waals surface area (Å²) in [6, 6.07) is 0. The largest absolute Gasteiger partial charge is 2.00 e. The van der Waals surface area contributed by atoms with Crippen LogP contribution in [0.15, 0.2) is 0 Å². The van der Waals surface area contributed by atoms with Crippen LogP contribution in [0, 0.1) is 59.9 Å². The number of hydrogen-bond acceptors (Lipinski definition) is 10. The Morgan fingerprint density at radius 2 is 0.435 bits per heavy atom. The second-order valence-corrected chi connectivity index (χ2v) is 25.4. The molecule has 8 unspecified atom stereocenters. The summed E-state index contributed by atoms with van der Waals surface area (Å²) in [5, 5.41) is 33.8. The Labute approximate surface area is 446 Å². The Bertz CT molecular complexity index is 1060. The number of fused-ring (bicyclic) bond motifs is 20. The first-order valence-corrected chi connectivity index (χ1v) is 32.8. The van der Waals surface area contributed by atoms with Gasteiger partial charge in [-0.15, -0.1) is 0 Å². The predicted octanol–water partition coefficient (Wildman–Crippen LogP) is 13.5. The second kappa shape index (κ2) is 33.8. The summed E-state index contributed by atoms with van der Waals surface area (Å²) in [6.45, 7) is 4.56. The zero-order valence-corrected chi connectivity index (χ0v) is 47.2. The van der Waals surface area contributed by atoms with Crippen molar-refractivity contribution in [2.45, 2.75) is 294 Å². The molecule has 405 valence electrons. The Hall–Kier alpha value is 0.899. The molecule has 0 aromatic carbocycles. The molecule has 11 heteroatoms. The van der Waals surface area contributed by atoms with E-state index in [0.29, 0.717) is 49.3 Å². The van der Waals surface area contributed by atoms with Gasteiger partial charge in [0.1, 0.15) is 0 Å². The number of hydrogen-bond donors (Lipinski definition) is 8. The van der Waals surface area contributed by atoms with Gasteiger partial charge in [0.15, 0.2) is 0 Å². The number of nitrogens with one attached hydrogen (secondary N) is 8. The van der Waals surface area contributed by atoms with Crippen molar-refractivity contribution in [3.05, 3.63) is 12.5 Å². The van der Waals surface area contributed by atoms with E-state index in [1.54, 1.807) is 23.5 Å². The van der Waals surface area contributed by atoms with Crippen molar-refractivity contribution >= 4 is 23.5 Å². The molecule has 5 saturated heterocycles. The van der Waals surface area contributed by atoms with Gasteiger partial charge in [-0.2, -0.15) is 0 Å². The molecule has 69 heavy (non-hydrogen) atoms. The molecule has 8 atom stereocenters. The summed E-state index contributed by atoms with van der Waals surface area (Å²) in [7, 11) is 0. The molecule has 0 amide bonds. The topological polar surface area (TPSA) is 96.2 Å². The fraction of sp³-hybridized carbons (Fsp3) is 0.966. The summed E-state index contributed by atoms with van der Waals surface area (Å²) in [5.74, 6) is 8.46. The second-order valence-electron chi connectivity index (χ2n) is 23.8. The van der Waals surface area contributed by atoms with Crippen molar-refractivity contribution in [1.29, 1.82) is 0 Å². The molecule has 0 spiro atoms. The van der Waals surface area contributed by atoms with Crippen LogP contribution in [-0.2, 0) is 17.1 Å². The third kappa shape index (κ3) is 18.0. The van der Waals surface area contributed by atoms with E-state index in [9.17, 15) is 0 Å². The Kier molecular flexibility index (Phi) is 29.0. The smallest absolute Gasteiger partial charge is 0.354 e. The van der Waals surface area contributed by atoms with Gasteiger partial charge in [-0.3, -0.25) is 55.0 Å². The fourth-order valence-corrected chi connectivity index (χ4v) is 16.2. The van der Waals surface area contributed by atoms with Crippen molar-refractivity contribution < 1.29 is 17.1 Å². The molecule has 5 aliphatic heterocycles. The van der Waals surface area contributed by atoms with Gasteiger partial charge in [0.2, 0.25) is 0 Å². The zero-order valence-electron chi connectivity index (χ0n) is 44.6. The van der Waals surface area contributed by atoms with Crippen molar-refractivity contribution in [3.8, 4) is 0 Å². The predicted molar refractivity (Wildman–Crippen MR) is 296 cm³/mol. The van der Waals surface area contributed by atoms with Gasteiger partial charge < -0.3 is 23.5 Å². The minimum absolute atomic E-state index is 0. The number of rotatable bonds is 22. The first kappa shape index (κ1) is 59.1. The maximum absolute atomic E-state index is 4.26. The summed E-state index contributed by atoms with van der Waals surface area (Å²) in [5.41, 5.74) is 0. The summed E-state index contributed by atoms with van der Waals surface area (Å²) >= 11 is 3.46. The van der Waals surface area contributed by atoms with Crippen LogP contribution in [0.4, 0.5) is 0 Å². The van der Waals surface area contributed by atoms with Crippen molar-refractivity contribution in [2.75, 3.05) is 11.5 Å². The van der Waals surface area contributed by atoms with Crippen molar-refractivity contribution in [2.24, 2.45) is 47.3 Å². The van der Waals surface area contributed by atoms with Crippen LogP contribution < -0.4 is 42.5 Å². The molecule has 9 rings (SSSR count). The van der Waals surface area contributed by atoms with E-state index in [1.165, 1.54) is 243 Å². The first-order valence-electron chi connectivity index (χ1n) is 30.5. The Morgan fingerprint density at radius 1 is 0.275 bits per heavy atom. The van der Waals surface area contributed by atoms with Gasteiger partial charge in [0.25, 0.3) is 0 Å². The van der Waals surface area contributed by atoms with Gasteiger partial charge in [-0.1, -0.05) is 181 Å². The normalized spacial score (nSPS) is 37.7. The number of unbranched alkanes of at least 4 members (excludes halogenated alkanes) is 18. The molecular weight excluding hydrogens is 936 g/mol. The van der Waals surface area contributed by atoms with Gasteiger partial charge in [-0.05, 0) is 123 Å². The summed E-state index contributed by atoms with van der Waals surface area (Å²) in [4.78, 5) is 0. The summed E-state index contributed by atoms with van der Waals surface area (Å²) < 4.78 is 0. The number of thioether (sulfide) groups is 2. The van der Waals surface area contributed by atoms with Crippen LogP contribution in [0.3, 0.4) is 0 Å². The van der Waals surface area contributed by atoms with E-state index in [2.05, 4.69) is 68.9 Å². The van der Waals surface area contributed by atoms with E-state index in [4.69, 9.17) is 0 Å². The minimum Gasteiger partial charge on any atom is -0.354 e. The SMILES string of the molecule is C1CCC2C3NC(NC4NC(NC5NC(NC6NC(N3)C3CCCCC63)C3CCCCC53)C3CCCCC43)C2C1.[CH2-]SCCCCCCCCCCCC.[CH2-]SCCCCCCCCCCCC.[Cu+2].